The van der Waals surface area contributed by atoms with Gasteiger partial charge in [-0.2, -0.15) is 0 Å². The van der Waals surface area contributed by atoms with Crippen LogP contribution in [0.4, 0.5) is 0 Å². The summed E-state index contributed by atoms with van der Waals surface area (Å²) in [7, 11) is 0. The maximum absolute atomic E-state index is 11.4. The Balaban J connectivity index is 2.28. The summed E-state index contributed by atoms with van der Waals surface area (Å²) >= 11 is 0. The molecule has 88 valence electrons. The number of aliphatic hydroxyl groups excluding tert-OH is 1. The van der Waals surface area contributed by atoms with Gasteiger partial charge in [0.15, 0.2) is 0 Å². The summed E-state index contributed by atoms with van der Waals surface area (Å²) < 4.78 is 0. The van der Waals surface area contributed by atoms with Gasteiger partial charge in [0.25, 0.3) is 0 Å². The maximum Gasteiger partial charge on any atom is 0.314 e. The monoisotopic (exact) mass is 228 g/mol. The van der Waals surface area contributed by atoms with E-state index in [1.54, 1.807) is 0 Å². The van der Waals surface area contributed by atoms with Crippen LogP contribution in [-0.4, -0.2) is 39.1 Å². The van der Waals surface area contributed by atoms with E-state index in [0.29, 0.717) is 0 Å². The summed E-state index contributed by atoms with van der Waals surface area (Å²) in [6, 6.07) is 0. The van der Waals surface area contributed by atoms with Crippen molar-refractivity contribution in [1.29, 1.82) is 0 Å². The lowest BCUT2D eigenvalue weighted by molar-refractivity contribution is -0.147. The van der Waals surface area contributed by atoms with E-state index in [1.165, 1.54) is 0 Å². The van der Waals surface area contributed by atoms with Crippen LogP contribution < -0.4 is 0 Å². The zero-order chi connectivity index (χ0) is 12.0. The van der Waals surface area contributed by atoms with Gasteiger partial charge in [0, 0.05) is 6.42 Å². The van der Waals surface area contributed by atoms with E-state index in [9.17, 15) is 19.5 Å². The van der Waals surface area contributed by atoms with Crippen LogP contribution in [-0.2, 0) is 14.4 Å². The van der Waals surface area contributed by atoms with E-state index < -0.39 is 47.5 Å². The first-order valence-corrected chi connectivity index (χ1v) is 5.10. The van der Waals surface area contributed by atoms with Gasteiger partial charge in [0.1, 0.15) is 11.7 Å². The molecule has 0 amide bonds. The Morgan fingerprint density at radius 1 is 1.12 bits per heavy atom. The number of hydrogen-bond donors (Lipinski definition) is 3. The number of carboxylic acid groups (broad SMARTS) is 2. The Hall–Kier alpha value is -1.43. The Kier molecular flexibility index (Phi) is 2.46. The number of hydrogen-bond acceptors (Lipinski definition) is 4. The van der Waals surface area contributed by atoms with Crippen molar-refractivity contribution in [3.63, 3.8) is 0 Å². The van der Waals surface area contributed by atoms with Crippen LogP contribution in [0.1, 0.15) is 12.8 Å². The number of rotatable bonds is 2. The van der Waals surface area contributed by atoms with Crippen molar-refractivity contribution in [2.75, 3.05) is 0 Å². The SMILES string of the molecule is O=C(O)C1C(=O)C[C@@H]2[C@@H](C(=O)O)[C@H](O)C[C@H]12. The summed E-state index contributed by atoms with van der Waals surface area (Å²) in [5.41, 5.74) is 0. The van der Waals surface area contributed by atoms with Crippen LogP contribution in [0.25, 0.3) is 0 Å². The Bertz CT molecular complexity index is 362. The van der Waals surface area contributed by atoms with Crippen molar-refractivity contribution >= 4 is 17.7 Å². The summed E-state index contributed by atoms with van der Waals surface area (Å²) in [5, 5.41) is 27.4. The largest absolute Gasteiger partial charge is 0.481 e. The van der Waals surface area contributed by atoms with Crippen LogP contribution in [0.15, 0.2) is 0 Å². The number of aliphatic hydroxyl groups is 1. The van der Waals surface area contributed by atoms with Gasteiger partial charge in [-0.1, -0.05) is 0 Å². The number of carboxylic acids is 2. The van der Waals surface area contributed by atoms with Crippen molar-refractivity contribution in [3.05, 3.63) is 0 Å². The van der Waals surface area contributed by atoms with Crippen LogP contribution >= 0.6 is 0 Å². The van der Waals surface area contributed by atoms with E-state index in [2.05, 4.69) is 0 Å². The molecule has 3 N–H and O–H groups in total. The summed E-state index contributed by atoms with van der Waals surface area (Å²) in [6.45, 7) is 0. The maximum atomic E-state index is 11.4. The van der Waals surface area contributed by atoms with Crippen molar-refractivity contribution in [2.24, 2.45) is 23.7 Å². The highest BCUT2D eigenvalue weighted by Crippen LogP contribution is 2.49. The molecule has 0 saturated heterocycles. The van der Waals surface area contributed by atoms with E-state index in [4.69, 9.17) is 10.2 Å². The zero-order valence-electron chi connectivity index (χ0n) is 8.37. The smallest absolute Gasteiger partial charge is 0.314 e. The Morgan fingerprint density at radius 3 is 2.25 bits per heavy atom. The average Bonchev–Trinajstić information content (AvgIpc) is 2.55. The lowest BCUT2D eigenvalue weighted by Crippen LogP contribution is -2.28. The van der Waals surface area contributed by atoms with Gasteiger partial charge in [-0.3, -0.25) is 14.4 Å². The van der Waals surface area contributed by atoms with Crippen LogP contribution in [0.3, 0.4) is 0 Å². The molecule has 6 nitrogen and oxygen atoms in total. The molecule has 0 spiro atoms. The number of carbonyl (C=O) groups is 3. The first-order valence-electron chi connectivity index (χ1n) is 5.10. The molecule has 2 saturated carbocycles. The minimum Gasteiger partial charge on any atom is -0.481 e. The van der Waals surface area contributed by atoms with E-state index in [0.717, 1.165) is 0 Å². The quantitative estimate of drug-likeness (QED) is 0.542. The molecular weight excluding hydrogens is 216 g/mol. The summed E-state index contributed by atoms with van der Waals surface area (Å²) in [4.78, 5) is 33.3. The number of aliphatic carboxylic acids is 2. The Labute approximate surface area is 90.9 Å². The molecule has 0 aromatic rings. The molecule has 0 bridgehead atoms. The van der Waals surface area contributed by atoms with E-state index in [1.807, 2.05) is 0 Å². The number of carbonyl (C=O) groups excluding carboxylic acids is 1. The van der Waals surface area contributed by atoms with Crippen molar-refractivity contribution in [3.8, 4) is 0 Å². The Morgan fingerprint density at radius 2 is 1.75 bits per heavy atom. The highest BCUT2D eigenvalue weighted by Gasteiger charge is 2.57. The molecule has 2 rings (SSSR count). The van der Waals surface area contributed by atoms with Crippen LogP contribution in [0.2, 0.25) is 0 Å². The highest BCUT2D eigenvalue weighted by atomic mass is 16.4. The van der Waals surface area contributed by atoms with Gasteiger partial charge >= 0.3 is 11.9 Å². The highest BCUT2D eigenvalue weighted by molar-refractivity contribution is 6.01. The normalized spacial score (nSPS) is 42.1. The minimum atomic E-state index is -1.21. The van der Waals surface area contributed by atoms with Gasteiger partial charge in [-0.05, 0) is 18.3 Å². The van der Waals surface area contributed by atoms with Gasteiger partial charge < -0.3 is 15.3 Å². The second-order valence-electron chi connectivity index (χ2n) is 4.48. The minimum absolute atomic E-state index is 0.0460. The van der Waals surface area contributed by atoms with Gasteiger partial charge in [0.2, 0.25) is 0 Å². The molecule has 0 heterocycles. The first kappa shape index (κ1) is 11.1. The van der Waals surface area contributed by atoms with Crippen LogP contribution in [0, 0.1) is 23.7 Å². The lowest BCUT2D eigenvalue weighted by atomic mass is 9.89. The summed E-state index contributed by atoms with van der Waals surface area (Å²) in [5.74, 6) is -5.97. The van der Waals surface area contributed by atoms with Gasteiger partial charge in [-0.25, -0.2) is 0 Å². The fourth-order valence-electron chi connectivity index (χ4n) is 3.08. The van der Waals surface area contributed by atoms with Crippen LogP contribution in [0.5, 0.6) is 0 Å². The molecule has 0 aromatic heterocycles. The third-order valence-corrected chi connectivity index (χ3v) is 3.70. The second-order valence-corrected chi connectivity index (χ2v) is 4.48. The molecule has 0 radical (unpaired) electrons. The fraction of sp³-hybridized carbons (Fsp3) is 0.700. The van der Waals surface area contributed by atoms with Gasteiger partial charge in [0.05, 0.1) is 12.0 Å². The predicted octanol–water partition coefficient (Wildman–Crippen LogP) is -0.642. The molecule has 0 aliphatic heterocycles. The molecule has 1 unspecified atom stereocenters. The molecule has 6 heteroatoms. The molecule has 0 aromatic carbocycles. The zero-order valence-corrected chi connectivity index (χ0v) is 8.37. The molecule has 2 aliphatic rings. The van der Waals surface area contributed by atoms with Crippen molar-refractivity contribution < 1.29 is 29.7 Å². The molecule has 5 atom stereocenters. The van der Waals surface area contributed by atoms with Crippen molar-refractivity contribution in [1.82, 2.24) is 0 Å². The molecule has 16 heavy (non-hydrogen) atoms. The van der Waals surface area contributed by atoms with Gasteiger partial charge in [-0.15, -0.1) is 0 Å². The third-order valence-electron chi connectivity index (χ3n) is 3.70. The molecule has 2 fully saturated rings. The fourth-order valence-corrected chi connectivity index (χ4v) is 3.08. The molecular formula is C10H12O6. The summed E-state index contributed by atoms with van der Waals surface area (Å²) in [6.07, 6.45) is -0.998. The van der Waals surface area contributed by atoms with Crippen molar-refractivity contribution in [2.45, 2.75) is 18.9 Å². The third kappa shape index (κ3) is 1.41. The average molecular weight is 228 g/mol. The number of ketones is 1. The van der Waals surface area contributed by atoms with E-state index in [-0.39, 0.29) is 12.8 Å². The lowest BCUT2D eigenvalue weighted by Gasteiger charge is -2.14. The van der Waals surface area contributed by atoms with E-state index >= 15 is 0 Å². The second kappa shape index (κ2) is 3.55. The number of Topliss-reactive ketones (excluding diaryl/α,β-unsaturated/α-hetero) is 1. The predicted molar refractivity (Wildman–Crippen MR) is 49.5 cm³/mol. The number of fused-ring (bicyclic) bond motifs is 1. The standard InChI is InChI=1S/C10H12O6/c11-5-1-3-4(8(5)10(15)16)2-6(12)7(3)9(13)14/h3-5,7-8,11H,1-2H2,(H,13,14)(H,15,16)/t3-,4-,5+,7?,8+/m0/s1. The molecule has 2 aliphatic carbocycles. The first-order chi connectivity index (χ1) is 7.43. The topological polar surface area (TPSA) is 112 Å².